The summed E-state index contributed by atoms with van der Waals surface area (Å²) in [6.45, 7) is 4.12. The van der Waals surface area contributed by atoms with Gasteiger partial charge in [0, 0.05) is 23.1 Å². The maximum atomic E-state index is 12.9. The molecule has 0 unspecified atom stereocenters. The maximum absolute atomic E-state index is 12.9. The van der Waals surface area contributed by atoms with Gasteiger partial charge in [-0.25, -0.2) is 4.39 Å². The molecule has 0 aromatic heterocycles. The van der Waals surface area contributed by atoms with Crippen LogP contribution in [0.4, 0.5) is 4.39 Å². The van der Waals surface area contributed by atoms with Gasteiger partial charge in [0.15, 0.2) is 0 Å². The molecule has 0 heterocycles. The van der Waals surface area contributed by atoms with Crippen molar-refractivity contribution in [2.24, 2.45) is 0 Å². The lowest BCUT2D eigenvalue weighted by Gasteiger charge is -2.14. The van der Waals surface area contributed by atoms with Crippen molar-refractivity contribution in [2.45, 2.75) is 26.4 Å². The zero-order chi connectivity index (χ0) is 15.9. The average Bonchev–Trinajstić information content (AvgIpc) is 2.48. The second kappa shape index (κ2) is 8.65. The summed E-state index contributed by atoms with van der Waals surface area (Å²) in [5, 5.41) is 3.36. The second-order valence-corrected chi connectivity index (χ2v) is 6.72. The minimum absolute atomic E-state index is 0.213. The number of ether oxygens (including phenoxy) is 1. The quantitative estimate of drug-likeness (QED) is 0.632. The van der Waals surface area contributed by atoms with E-state index in [-0.39, 0.29) is 5.82 Å². The number of hydrogen-bond acceptors (Lipinski definition) is 2. The Kier molecular flexibility index (Phi) is 6.86. The fraction of sp³-hybridized carbons (Fsp3) is 0.294. The Balaban J connectivity index is 2.03. The van der Waals surface area contributed by atoms with Crippen LogP contribution in [0.1, 0.15) is 24.5 Å². The summed E-state index contributed by atoms with van der Waals surface area (Å²) in [7, 11) is 0. The van der Waals surface area contributed by atoms with Gasteiger partial charge in [-0.3, -0.25) is 0 Å². The Morgan fingerprint density at radius 1 is 1.09 bits per heavy atom. The monoisotopic (exact) mass is 429 g/mol. The van der Waals surface area contributed by atoms with Crippen LogP contribution in [0.15, 0.2) is 45.3 Å². The van der Waals surface area contributed by atoms with Crippen LogP contribution in [0.25, 0.3) is 0 Å². The molecule has 118 valence electrons. The normalized spacial score (nSPS) is 10.7. The van der Waals surface area contributed by atoms with Gasteiger partial charge in [-0.1, -0.05) is 35.0 Å². The molecule has 0 aliphatic heterocycles. The summed E-state index contributed by atoms with van der Waals surface area (Å²) in [5.41, 5.74) is 2.13. The molecule has 0 saturated heterocycles. The number of nitrogens with one attached hydrogen (secondary N) is 1. The Morgan fingerprint density at radius 2 is 1.82 bits per heavy atom. The van der Waals surface area contributed by atoms with E-state index in [1.165, 1.54) is 12.1 Å². The van der Waals surface area contributed by atoms with E-state index in [0.717, 1.165) is 32.2 Å². The lowest BCUT2D eigenvalue weighted by atomic mass is 10.2. The van der Waals surface area contributed by atoms with Gasteiger partial charge >= 0.3 is 0 Å². The first-order chi connectivity index (χ1) is 10.6. The molecule has 2 aromatic rings. The van der Waals surface area contributed by atoms with Gasteiger partial charge < -0.3 is 10.1 Å². The molecule has 2 nitrogen and oxygen atoms in total. The van der Waals surface area contributed by atoms with Crippen LogP contribution in [-0.4, -0.2) is 6.61 Å². The van der Waals surface area contributed by atoms with Crippen molar-refractivity contribution in [3.05, 3.63) is 62.3 Å². The van der Waals surface area contributed by atoms with Crippen molar-refractivity contribution in [2.75, 3.05) is 6.61 Å². The predicted octanol–water partition coefficient (Wildman–Crippen LogP) is 5.43. The highest BCUT2D eigenvalue weighted by Gasteiger charge is 2.10. The highest BCUT2D eigenvalue weighted by Crippen LogP contribution is 2.33. The van der Waals surface area contributed by atoms with E-state index in [1.807, 2.05) is 12.1 Å². The smallest absolute Gasteiger partial charge is 0.138 e. The summed E-state index contributed by atoms with van der Waals surface area (Å²) in [4.78, 5) is 0. The van der Waals surface area contributed by atoms with Crippen LogP contribution in [0.2, 0.25) is 0 Å². The summed E-state index contributed by atoms with van der Waals surface area (Å²) in [6.07, 6.45) is 0.963. The van der Waals surface area contributed by atoms with Crippen molar-refractivity contribution >= 4 is 31.9 Å². The van der Waals surface area contributed by atoms with E-state index < -0.39 is 0 Å². The van der Waals surface area contributed by atoms with Crippen molar-refractivity contribution in [3.8, 4) is 5.75 Å². The Morgan fingerprint density at radius 3 is 2.50 bits per heavy atom. The first-order valence-corrected chi connectivity index (χ1v) is 8.74. The second-order valence-electron chi connectivity index (χ2n) is 4.95. The van der Waals surface area contributed by atoms with Crippen molar-refractivity contribution in [3.63, 3.8) is 0 Å². The van der Waals surface area contributed by atoms with Crippen molar-refractivity contribution in [1.29, 1.82) is 0 Å². The lowest BCUT2D eigenvalue weighted by Crippen LogP contribution is -2.14. The first kappa shape index (κ1) is 17.4. The first-order valence-electron chi connectivity index (χ1n) is 7.16. The molecule has 0 aliphatic rings. The Bertz CT molecular complexity index is 617. The highest BCUT2D eigenvalue weighted by molar-refractivity contribution is 9.11. The molecule has 0 saturated carbocycles. The fourth-order valence-electron chi connectivity index (χ4n) is 2.05. The van der Waals surface area contributed by atoms with E-state index in [1.54, 1.807) is 12.1 Å². The van der Waals surface area contributed by atoms with Crippen LogP contribution in [-0.2, 0) is 13.1 Å². The number of halogens is 3. The van der Waals surface area contributed by atoms with Gasteiger partial charge in [-0.2, -0.15) is 0 Å². The van der Waals surface area contributed by atoms with Crippen LogP contribution in [0.3, 0.4) is 0 Å². The van der Waals surface area contributed by atoms with Crippen LogP contribution < -0.4 is 10.1 Å². The van der Waals surface area contributed by atoms with E-state index in [4.69, 9.17) is 4.74 Å². The van der Waals surface area contributed by atoms with Crippen LogP contribution >= 0.6 is 31.9 Å². The van der Waals surface area contributed by atoms with Gasteiger partial charge in [0.25, 0.3) is 0 Å². The standard InChI is InChI=1S/C17H18Br2FNO/c1-2-7-22-17-13(8-14(18)9-16(17)19)11-21-10-12-3-5-15(20)6-4-12/h3-6,8-9,21H,2,7,10-11H2,1H3. The van der Waals surface area contributed by atoms with E-state index >= 15 is 0 Å². The van der Waals surface area contributed by atoms with Gasteiger partial charge in [-0.05, 0) is 52.2 Å². The third-order valence-corrected chi connectivity index (χ3v) is 4.14. The topological polar surface area (TPSA) is 21.3 Å². The molecule has 0 atom stereocenters. The van der Waals surface area contributed by atoms with E-state index in [2.05, 4.69) is 44.1 Å². The molecule has 1 N–H and O–H groups in total. The zero-order valence-electron chi connectivity index (χ0n) is 12.3. The molecule has 5 heteroatoms. The molecule has 0 amide bonds. The molecule has 22 heavy (non-hydrogen) atoms. The predicted molar refractivity (Wildman–Crippen MR) is 94.6 cm³/mol. The van der Waals surface area contributed by atoms with Gasteiger partial charge in [-0.15, -0.1) is 0 Å². The summed E-state index contributed by atoms with van der Waals surface area (Å²) in [5.74, 6) is 0.659. The summed E-state index contributed by atoms with van der Waals surface area (Å²) < 4.78 is 20.7. The Hall–Kier alpha value is -0.910. The maximum Gasteiger partial charge on any atom is 0.138 e. The minimum atomic E-state index is -0.213. The van der Waals surface area contributed by atoms with Gasteiger partial charge in [0.1, 0.15) is 11.6 Å². The van der Waals surface area contributed by atoms with Crippen LogP contribution in [0.5, 0.6) is 5.75 Å². The molecule has 0 bridgehead atoms. The van der Waals surface area contributed by atoms with Crippen molar-refractivity contribution in [1.82, 2.24) is 5.32 Å². The molecular weight excluding hydrogens is 413 g/mol. The van der Waals surface area contributed by atoms with E-state index in [0.29, 0.717) is 19.7 Å². The SMILES string of the molecule is CCCOc1c(Br)cc(Br)cc1CNCc1ccc(F)cc1. The molecule has 0 radical (unpaired) electrons. The third kappa shape index (κ3) is 5.07. The Labute approximate surface area is 147 Å². The fourth-order valence-corrected chi connectivity index (χ4v) is 3.48. The third-order valence-electron chi connectivity index (χ3n) is 3.09. The molecule has 0 spiro atoms. The number of hydrogen-bond donors (Lipinski definition) is 1. The highest BCUT2D eigenvalue weighted by atomic mass is 79.9. The molecular formula is C17H18Br2FNO. The van der Waals surface area contributed by atoms with Crippen molar-refractivity contribution < 1.29 is 9.13 Å². The van der Waals surface area contributed by atoms with Gasteiger partial charge in [0.2, 0.25) is 0 Å². The molecule has 2 aromatic carbocycles. The van der Waals surface area contributed by atoms with Crippen LogP contribution in [0, 0.1) is 5.82 Å². The largest absolute Gasteiger partial charge is 0.492 e. The summed E-state index contributed by atoms with van der Waals surface area (Å²) >= 11 is 7.05. The number of benzene rings is 2. The van der Waals surface area contributed by atoms with E-state index in [9.17, 15) is 4.39 Å². The molecule has 0 fully saturated rings. The minimum Gasteiger partial charge on any atom is -0.492 e. The summed E-state index contributed by atoms with van der Waals surface area (Å²) in [6, 6.07) is 10.5. The molecule has 0 aliphatic carbocycles. The number of rotatable bonds is 7. The lowest BCUT2D eigenvalue weighted by molar-refractivity contribution is 0.311. The zero-order valence-corrected chi connectivity index (χ0v) is 15.5. The van der Waals surface area contributed by atoms with Gasteiger partial charge in [0.05, 0.1) is 11.1 Å². The average molecular weight is 431 g/mol. The molecule has 2 rings (SSSR count).